The minimum atomic E-state index is -0.404. The molecule has 3 aromatic carbocycles. The molecule has 128 valence electrons. The van der Waals surface area contributed by atoms with Gasteiger partial charge >= 0.3 is 0 Å². The van der Waals surface area contributed by atoms with E-state index in [4.69, 9.17) is 4.74 Å². The van der Waals surface area contributed by atoms with Gasteiger partial charge in [0.15, 0.2) is 11.9 Å². The van der Waals surface area contributed by atoms with Gasteiger partial charge in [-0.15, -0.1) is 11.8 Å². The summed E-state index contributed by atoms with van der Waals surface area (Å²) in [5, 5.41) is 0. The Labute approximate surface area is 157 Å². The standard InChI is InChI=1S/C23H18O2S/c1-26-18-13-11-16(12-14-18)15-20-22(24)19-9-5-6-10-21(19)25-23(20)17-7-3-2-4-8-17/h2-15,23H,1H3/b20-15-. The van der Waals surface area contributed by atoms with E-state index >= 15 is 0 Å². The van der Waals surface area contributed by atoms with Crippen LogP contribution in [0.25, 0.3) is 6.08 Å². The second kappa shape index (κ2) is 7.22. The summed E-state index contributed by atoms with van der Waals surface area (Å²) in [6, 6.07) is 25.5. The van der Waals surface area contributed by atoms with Crippen LogP contribution < -0.4 is 4.74 Å². The van der Waals surface area contributed by atoms with Gasteiger partial charge in [0.25, 0.3) is 0 Å². The lowest BCUT2D eigenvalue weighted by atomic mass is 9.89. The highest BCUT2D eigenvalue weighted by Gasteiger charge is 2.32. The molecule has 1 heterocycles. The van der Waals surface area contributed by atoms with Crippen molar-refractivity contribution in [2.75, 3.05) is 6.26 Å². The zero-order valence-corrected chi connectivity index (χ0v) is 15.2. The van der Waals surface area contributed by atoms with Crippen LogP contribution in [-0.4, -0.2) is 12.0 Å². The predicted molar refractivity (Wildman–Crippen MR) is 107 cm³/mol. The van der Waals surface area contributed by atoms with Gasteiger partial charge in [0.1, 0.15) is 5.75 Å². The number of benzene rings is 3. The first kappa shape index (κ1) is 16.7. The molecule has 3 aromatic rings. The number of ketones is 1. The van der Waals surface area contributed by atoms with Crippen LogP contribution in [0.15, 0.2) is 89.3 Å². The summed E-state index contributed by atoms with van der Waals surface area (Å²) in [5.41, 5.74) is 3.25. The van der Waals surface area contributed by atoms with Crippen LogP contribution in [0, 0.1) is 0 Å². The number of ether oxygens (including phenoxy) is 1. The first-order chi connectivity index (χ1) is 12.8. The summed E-state index contributed by atoms with van der Waals surface area (Å²) in [6.07, 6.45) is 3.59. The molecular weight excluding hydrogens is 340 g/mol. The quantitative estimate of drug-likeness (QED) is 0.437. The summed E-state index contributed by atoms with van der Waals surface area (Å²) in [7, 11) is 0. The van der Waals surface area contributed by atoms with E-state index in [0.717, 1.165) is 11.1 Å². The minimum Gasteiger partial charge on any atom is -0.480 e. The van der Waals surface area contributed by atoms with Crippen LogP contribution in [0.4, 0.5) is 0 Å². The molecular formula is C23H18O2S. The molecule has 0 N–H and O–H groups in total. The molecule has 0 aromatic heterocycles. The molecule has 0 spiro atoms. The van der Waals surface area contributed by atoms with Crippen molar-refractivity contribution in [3.8, 4) is 5.75 Å². The molecule has 1 atom stereocenters. The zero-order valence-electron chi connectivity index (χ0n) is 14.4. The van der Waals surface area contributed by atoms with Crippen molar-refractivity contribution in [3.63, 3.8) is 0 Å². The maximum Gasteiger partial charge on any atom is 0.196 e. The van der Waals surface area contributed by atoms with Gasteiger partial charge in [0, 0.05) is 10.5 Å². The van der Waals surface area contributed by atoms with E-state index in [0.29, 0.717) is 16.9 Å². The second-order valence-electron chi connectivity index (χ2n) is 6.11. The second-order valence-corrected chi connectivity index (χ2v) is 6.99. The SMILES string of the molecule is CSc1ccc(/C=C2/C(=O)c3ccccc3OC2c2ccccc2)cc1. The molecule has 0 amide bonds. The fourth-order valence-electron chi connectivity index (χ4n) is 3.12. The third kappa shape index (κ3) is 3.18. The fraction of sp³-hybridized carbons (Fsp3) is 0.0870. The molecule has 1 aliphatic heterocycles. The Hall–Kier alpha value is -2.78. The lowest BCUT2D eigenvalue weighted by Crippen LogP contribution is -2.23. The molecule has 1 aliphatic rings. The largest absolute Gasteiger partial charge is 0.480 e. The molecule has 0 aliphatic carbocycles. The number of hydrogen-bond donors (Lipinski definition) is 0. The Balaban J connectivity index is 1.82. The van der Waals surface area contributed by atoms with Gasteiger partial charge in [-0.05, 0) is 47.7 Å². The molecule has 4 rings (SSSR count). The number of carbonyl (C=O) groups excluding carboxylic acids is 1. The van der Waals surface area contributed by atoms with Crippen LogP contribution in [0.2, 0.25) is 0 Å². The summed E-state index contributed by atoms with van der Waals surface area (Å²) in [4.78, 5) is 14.4. The Bertz CT molecular complexity index is 959. The van der Waals surface area contributed by atoms with Crippen molar-refractivity contribution < 1.29 is 9.53 Å². The van der Waals surface area contributed by atoms with E-state index < -0.39 is 6.10 Å². The van der Waals surface area contributed by atoms with E-state index in [9.17, 15) is 4.79 Å². The normalized spacial score (nSPS) is 17.7. The summed E-state index contributed by atoms with van der Waals surface area (Å²) >= 11 is 1.70. The van der Waals surface area contributed by atoms with Crippen LogP contribution >= 0.6 is 11.8 Å². The Morgan fingerprint density at radius 3 is 2.31 bits per heavy atom. The molecule has 0 saturated carbocycles. The Morgan fingerprint density at radius 1 is 0.885 bits per heavy atom. The third-order valence-electron chi connectivity index (χ3n) is 4.46. The Kier molecular flexibility index (Phi) is 4.63. The van der Waals surface area contributed by atoms with Crippen molar-refractivity contribution in [3.05, 3.63) is 101 Å². The van der Waals surface area contributed by atoms with Gasteiger partial charge in [0.05, 0.1) is 5.56 Å². The van der Waals surface area contributed by atoms with E-state index in [1.165, 1.54) is 4.90 Å². The van der Waals surface area contributed by atoms with Crippen molar-refractivity contribution >= 4 is 23.6 Å². The molecule has 26 heavy (non-hydrogen) atoms. The minimum absolute atomic E-state index is 0.0228. The van der Waals surface area contributed by atoms with Crippen LogP contribution in [-0.2, 0) is 0 Å². The number of hydrogen-bond acceptors (Lipinski definition) is 3. The summed E-state index contributed by atoms with van der Waals surface area (Å²) in [6.45, 7) is 0. The average molecular weight is 358 g/mol. The maximum absolute atomic E-state index is 13.2. The fourth-order valence-corrected chi connectivity index (χ4v) is 3.53. The Morgan fingerprint density at radius 2 is 1.58 bits per heavy atom. The molecule has 0 radical (unpaired) electrons. The summed E-state index contributed by atoms with van der Waals surface area (Å²) < 4.78 is 6.22. The summed E-state index contributed by atoms with van der Waals surface area (Å²) in [5.74, 6) is 0.663. The predicted octanol–water partition coefficient (Wildman–Crippen LogP) is 5.81. The highest BCUT2D eigenvalue weighted by Crippen LogP contribution is 2.39. The van der Waals surface area contributed by atoms with E-state index in [-0.39, 0.29) is 5.78 Å². The molecule has 3 heteroatoms. The van der Waals surface area contributed by atoms with Gasteiger partial charge in [-0.1, -0.05) is 54.6 Å². The van der Waals surface area contributed by atoms with Crippen LogP contribution in [0.1, 0.15) is 27.6 Å². The van der Waals surface area contributed by atoms with Crippen molar-refractivity contribution in [1.82, 2.24) is 0 Å². The van der Waals surface area contributed by atoms with Crippen molar-refractivity contribution in [2.24, 2.45) is 0 Å². The van der Waals surface area contributed by atoms with E-state index in [1.807, 2.05) is 79.1 Å². The number of rotatable bonds is 3. The molecule has 2 nitrogen and oxygen atoms in total. The molecule has 1 unspecified atom stereocenters. The molecule has 0 fully saturated rings. The number of Topliss-reactive ketones (excluding diaryl/α,β-unsaturated/α-hetero) is 1. The highest BCUT2D eigenvalue weighted by atomic mass is 32.2. The van der Waals surface area contributed by atoms with Crippen LogP contribution in [0.5, 0.6) is 5.75 Å². The monoisotopic (exact) mass is 358 g/mol. The lowest BCUT2D eigenvalue weighted by Gasteiger charge is -2.28. The van der Waals surface area contributed by atoms with Gasteiger partial charge in [0.2, 0.25) is 0 Å². The van der Waals surface area contributed by atoms with Gasteiger partial charge < -0.3 is 4.74 Å². The maximum atomic E-state index is 13.2. The lowest BCUT2D eigenvalue weighted by molar-refractivity contribution is 0.0963. The molecule has 0 bridgehead atoms. The number of fused-ring (bicyclic) bond motifs is 1. The average Bonchev–Trinajstić information content (AvgIpc) is 2.71. The van der Waals surface area contributed by atoms with Crippen LogP contribution in [0.3, 0.4) is 0 Å². The third-order valence-corrected chi connectivity index (χ3v) is 5.21. The first-order valence-corrected chi connectivity index (χ1v) is 9.70. The van der Waals surface area contributed by atoms with E-state index in [2.05, 4.69) is 12.1 Å². The number of carbonyl (C=O) groups is 1. The zero-order chi connectivity index (χ0) is 17.9. The molecule has 0 saturated heterocycles. The van der Waals surface area contributed by atoms with Gasteiger partial charge in [-0.3, -0.25) is 4.79 Å². The number of para-hydroxylation sites is 1. The van der Waals surface area contributed by atoms with Crippen molar-refractivity contribution in [2.45, 2.75) is 11.0 Å². The highest BCUT2D eigenvalue weighted by molar-refractivity contribution is 7.98. The topological polar surface area (TPSA) is 26.3 Å². The number of thioether (sulfide) groups is 1. The smallest absolute Gasteiger partial charge is 0.196 e. The van der Waals surface area contributed by atoms with Crippen molar-refractivity contribution in [1.29, 1.82) is 0 Å². The van der Waals surface area contributed by atoms with Gasteiger partial charge in [-0.2, -0.15) is 0 Å². The van der Waals surface area contributed by atoms with Gasteiger partial charge in [-0.25, -0.2) is 0 Å². The van der Waals surface area contributed by atoms with E-state index in [1.54, 1.807) is 11.8 Å². The first-order valence-electron chi connectivity index (χ1n) is 8.47.